The summed E-state index contributed by atoms with van der Waals surface area (Å²) in [5.41, 5.74) is 5.84. The quantitative estimate of drug-likeness (QED) is 0.152. The number of rotatable bonds is 22. The monoisotopic (exact) mass is 368 g/mol. The number of nitrogens with one attached hydrogen (secondary N) is 1. The summed E-state index contributed by atoms with van der Waals surface area (Å²) >= 11 is 0. The Bertz CT molecular complexity index is 242. The van der Waals surface area contributed by atoms with Gasteiger partial charge in [-0.05, 0) is 19.4 Å². The van der Waals surface area contributed by atoms with Gasteiger partial charge in [0.25, 0.3) is 0 Å². The molecule has 0 radical (unpaired) electrons. The zero-order chi connectivity index (χ0) is 19.1. The van der Waals surface area contributed by atoms with Gasteiger partial charge in [-0.25, -0.2) is 0 Å². The highest BCUT2D eigenvalue weighted by Crippen LogP contribution is 2.14. The number of hydrogen-bond donors (Lipinski definition) is 2. The van der Waals surface area contributed by atoms with Crippen molar-refractivity contribution >= 4 is 0 Å². The van der Waals surface area contributed by atoms with Gasteiger partial charge in [-0.15, -0.1) is 0 Å². The van der Waals surface area contributed by atoms with Crippen LogP contribution in [0.15, 0.2) is 0 Å². The van der Waals surface area contributed by atoms with Gasteiger partial charge < -0.3 is 11.1 Å². The van der Waals surface area contributed by atoms with Crippen molar-refractivity contribution in [3.63, 3.8) is 0 Å². The van der Waals surface area contributed by atoms with E-state index in [1.807, 2.05) is 0 Å². The molecule has 3 N–H and O–H groups in total. The van der Waals surface area contributed by atoms with Crippen molar-refractivity contribution < 1.29 is 0 Å². The molecular formula is C24H52N2. The molecular weight excluding hydrogens is 316 g/mol. The molecule has 0 aliphatic heterocycles. The highest BCUT2D eigenvalue weighted by atomic mass is 15.0. The maximum Gasteiger partial charge on any atom is 0.0543 e. The van der Waals surface area contributed by atoms with E-state index in [0.717, 1.165) is 13.0 Å². The van der Waals surface area contributed by atoms with Crippen molar-refractivity contribution in [2.75, 3.05) is 6.54 Å². The van der Waals surface area contributed by atoms with Crippen LogP contribution in [0.1, 0.15) is 142 Å². The summed E-state index contributed by atoms with van der Waals surface area (Å²) in [6.45, 7) is 5.52. The molecule has 1 atom stereocenters. The van der Waals surface area contributed by atoms with E-state index in [1.165, 1.54) is 122 Å². The summed E-state index contributed by atoms with van der Waals surface area (Å²) in [5, 5.41) is 3.37. The molecule has 0 fully saturated rings. The van der Waals surface area contributed by atoms with Gasteiger partial charge in [0.2, 0.25) is 0 Å². The number of nitrogens with two attached hydrogens (primary N) is 1. The average Bonchev–Trinajstić information content (AvgIpc) is 2.66. The first-order valence-corrected chi connectivity index (χ1v) is 12.3. The van der Waals surface area contributed by atoms with Crippen LogP contribution in [0.2, 0.25) is 0 Å². The Morgan fingerprint density at radius 3 is 1.12 bits per heavy atom. The average molecular weight is 369 g/mol. The van der Waals surface area contributed by atoms with Gasteiger partial charge >= 0.3 is 0 Å². The normalized spacial score (nSPS) is 12.6. The largest absolute Gasteiger partial charge is 0.316 e. The van der Waals surface area contributed by atoms with Crippen molar-refractivity contribution in [1.82, 2.24) is 5.32 Å². The minimum Gasteiger partial charge on any atom is -0.316 e. The molecule has 1 unspecified atom stereocenters. The van der Waals surface area contributed by atoms with Gasteiger partial charge in [0.15, 0.2) is 0 Å². The van der Waals surface area contributed by atoms with Crippen LogP contribution >= 0.6 is 0 Å². The summed E-state index contributed by atoms with van der Waals surface area (Å²) in [5.74, 6) is 0. The van der Waals surface area contributed by atoms with Gasteiger partial charge in [-0.1, -0.05) is 129 Å². The van der Waals surface area contributed by atoms with Gasteiger partial charge in [-0.3, -0.25) is 0 Å². The van der Waals surface area contributed by atoms with E-state index >= 15 is 0 Å². The van der Waals surface area contributed by atoms with E-state index < -0.39 is 0 Å². The van der Waals surface area contributed by atoms with E-state index in [9.17, 15) is 0 Å². The second-order valence-electron chi connectivity index (χ2n) is 8.33. The van der Waals surface area contributed by atoms with Gasteiger partial charge in [0.05, 0.1) is 6.17 Å². The fourth-order valence-corrected chi connectivity index (χ4v) is 3.64. The molecule has 0 aromatic rings. The molecule has 2 nitrogen and oxygen atoms in total. The first-order valence-electron chi connectivity index (χ1n) is 12.3. The first-order chi connectivity index (χ1) is 12.8. The van der Waals surface area contributed by atoms with E-state index in [-0.39, 0.29) is 6.17 Å². The Morgan fingerprint density at radius 2 is 0.808 bits per heavy atom. The molecule has 0 aromatic carbocycles. The Morgan fingerprint density at radius 1 is 0.500 bits per heavy atom. The highest BCUT2D eigenvalue weighted by molar-refractivity contribution is 4.56. The molecule has 0 spiro atoms. The van der Waals surface area contributed by atoms with Crippen molar-refractivity contribution in [2.45, 2.75) is 148 Å². The molecule has 26 heavy (non-hydrogen) atoms. The van der Waals surface area contributed by atoms with Crippen LogP contribution in [-0.4, -0.2) is 12.7 Å². The van der Waals surface area contributed by atoms with Gasteiger partial charge in [-0.2, -0.15) is 0 Å². The molecule has 0 aliphatic carbocycles. The summed E-state index contributed by atoms with van der Waals surface area (Å²) in [6, 6.07) is 0. The highest BCUT2D eigenvalue weighted by Gasteiger charge is 1.97. The lowest BCUT2D eigenvalue weighted by Crippen LogP contribution is -2.37. The lowest BCUT2D eigenvalue weighted by atomic mass is 10.0. The summed E-state index contributed by atoms with van der Waals surface area (Å²) in [6.07, 6.45) is 28.6. The third-order valence-corrected chi connectivity index (χ3v) is 5.63. The van der Waals surface area contributed by atoms with Gasteiger partial charge in [0.1, 0.15) is 0 Å². The Labute approximate surface area is 166 Å². The minimum absolute atomic E-state index is 0.200. The fourth-order valence-electron chi connectivity index (χ4n) is 3.64. The maximum absolute atomic E-state index is 5.84. The predicted octanol–water partition coefficient (Wildman–Crippen LogP) is 7.70. The molecule has 0 aromatic heterocycles. The van der Waals surface area contributed by atoms with Crippen molar-refractivity contribution in [3.8, 4) is 0 Å². The first kappa shape index (κ1) is 25.9. The minimum atomic E-state index is 0.200. The molecule has 0 saturated carbocycles. The molecule has 0 rings (SSSR count). The van der Waals surface area contributed by atoms with Gasteiger partial charge in [0, 0.05) is 0 Å². The van der Waals surface area contributed by atoms with Crippen molar-refractivity contribution in [1.29, 1.82) is 0 Å². The van der Waals surface area contributed by atoms with Crippen LogP contribution in [0.3, 0.4) is 0 Å². The van der Waals surface area contributed by atoms with Crippen LogP contribution in [0, 0.1) is 0 Å². The van der Waals surface area contributed by atoms with E-state index in [2.05, 4.69) is 19.2 Å². The lowest BCUT2D eigenvalue weighted by molar-refractivity contribution is 0.485. The number of unbranched alkanes of at least 4 members (excludes halogenated alkanes) is 18. The zero-order valence-corrected chi connectivity index (χ0v) is 18.5. The Balaban J connectivity index is 2.99. The smallest absolute Gasteiger partial charge is 0.0543 e. The van der Waals surface area contributed by atoms with Crippen LogP contribution in [-0.2, 0) is 0 Å². The van der Waals surface area contributed by atoms with E-state index in [1.54, 1.807) is 0 Å². The van der Waals surface area contributed by atoms with E-state index in [4.69, 9.17) is 5.73 Å². The Hall–Kier alpha value is -0.0800. The fraction of sp³-hybridized carbons (Fsp3) is 1.00. The SMILES string of the molecule is CCCCCCCCCCCCCCCCCCCCCNC(N)CC. The van der Waals surface area contributed by atoms with Crippen LogP contribution in [0.25, 0.3) is 0 Å². The molecule has 0 heterocycles. The zero-order valence-electron chi connectivity index (χ0n) is 18.5. The topological polar surface area (TPSA) is 38.0 Å². The van der Waals surface area contributed by atoms with Crippen LogP contribution < -0.4 is 11.1 Å². The lowest BCUT2D eigenvalue weighted by Gasteiger charge is -2.10. The van der Waals surface area contributed by atoms with E-state index in [0.29, 0.717) is 0 Å². The third-order valence-electron chi connectivity index (χ3n) is 5.63. The third kappa shape index (κ3) is 22.0. The maximum atomic E-state index is 5.84. The Kier molecular flexibility index (Phi) is 22.9. The molecule has 0 amide bonds. The summed E-state index contributed by atoms with van der Waals surface area (Å²) in [7, 11) is 0. The van der Waals surface area contributed by atoms with Crippen molar-refractivity contribution in [3.05, 3.63) is 0 Å². The van der Waals surface area contributed by atoms with Crippen LogP contribution in [0.4, 0.5) is 0 Å². The second-order valence-corrected chi connectivity index (χ2v) is 8.33. The predicted molar refractivity (Wildman–Crippen MR) is 120 cm³/mol. The second kappa shape index (κ2) is 23.0. The molecule has 2 heteroatoms. The summed E-state index contributed by atoms with van der Waals surface area (Å²) in [4.78, 5) is 0. The molecule has 0 bridgehead atoms. The van der Waals surface area contributed by atoms with Crippen molar-refractivity contribution in [2.24, 2.45) is 5.73 Å². The standard InChI is InChI=1S/C24H52N2/c1-3-5-6-7-8-9-10-11-12-13-14-15-16-17-18-19-20-21-22-23-26-24(25)4-2/h24,26H,3-23,25H2,1-2H3. The van der Waals surface area contributed by atoms with Crippen LogP contribution in [0.5, 0.6) is 0 Å². The summed E-state index contributed by atoms with van der Waals surface area (Å²) < 4.78 is 0. The molecule has 0 aliphatic rings. The molecule has 158 valence electrons. The molecule has 0 saturated heterocycles. The number of hydrogen-bond acceptors (Lipinski definition) is 2.